The van der Waals surface area contributed by atoms with Crippen LogP contribution in [-0.4, -0.2) is 22.4 Å². The van der Waals surface area contributed by atoms with E-state index >= 15 is 0 Å². The number of nitrogens with two attached hydrogens (primary N) is 1. The van der Waals surface area contributed by atoms with Crippen LogP contribution in [-0.2, 0) is 12.8 Å². The molecule has 0 bridgehead atoms. The molecular weight excluding hydrogens is 223 g/mol. The van der Waals surface area contributed by atoms with Crippen LogP contribution in [0.25, 0.3) is 0 Å². The van der Waals surface area contributed by atoms with Gasteiger partial charge in [0.1, 0.15) is 0 Å². The van der Waals surface area contributed by atoms with E-state index in [1.165, 1.54) is 0 Å². The van der Waals surface area contributed by atoms with Crippen LogP contribution in [0.1, 0.15) is 31.5 Å². The van der Waals surface area contributed by atoms with E-state index < -0.39 is 12.6 Å². The van der Waals surface area contributed by atoms with Gasteiger partial charge in [-0.25, -0.2) is 0 Å². The van der Waals surface area contributed by atoms with E-state index in [0.29, 0.717) is 18.7 Å². The van der Waals surface area contributed by atoms with Gasteiger partial charge >= 0.3 is 6.18 Å². The Morgan fingerprint density at radius 3 is 2.62 bits per heavy atom. The molecule has 4 nitrogen and oxygen atoms in total. The van der Waals surface area contributed by atoms with E-state index in [-0.39, 0.29) is 18.3 Å². The second-order valence-corrected chi connectivity index (χ2v) is 3.74. The lowest BCUT2D eigenvalue weighted by Crippen LogP contribution is -2.15. The van der Waals surface area contributed by atoms with Gasteiger partial charge in [-0.15, -0.1) is 0 Å². The summed E-state index contributed by atoms with van der Waals surface area (Å²) < 4.78 is 40.5. The van der Waals surface area contributed by atoms with E-state index in [4.69, 9.17) is 10.3 Å². The van der Waals surface area contributed by atoms with Crippen LogP contribution in [0.15, 0.2) is 4.52 Å². The van der Waals surface area contributed by atoms with Crippen LogP contribution < -0.4 is 5.73 Å². The van der Waals surface area contributed by atoms with Crippen LogP contribution in [0.3, 0.4) is 0 Å². The Morgan fingerprint density at radius 1 is 1.38 bits per heavy atom. The van der Waals surface area contributed by atoms with Gasteiger partial charge in [0.2, 0.25) is 5.89 Å². The highest BCUT2D eigenvalue weighted by Crippen LogP contribution is 2.21. The first-order valence-corrected chi connectivity index (χ1v) is 5.00. The zero-order chi connectivity index (χ0) is 12.2. The zero-order valence-electron chi connectivity index (χ0n) is 8.92. The highest BCUT2D eigenvalue weighted by atomic mass is 19.4. The first-order valence-electron chi connectivity index (χ1n) is 5.00. The molecule has 1 rings (SSSR count). The third-order valence-corrected chi connectivity index (χ3v) is 1.96. The van der Waals surface area contributed by atoms with Crippen molar-refractivity contribution in [2.45, 2.75) is 44.8 Å². The van der Waals surface area contributed by atoms with Crippen LogP contribution in [0.4, 0.5) is 13.2 Å². The Hall–Kier alpha value is -1.11. The van der Waals surface area contributed by atoms with Gasteiger partial charge in [0.15, 0.2) is 5.82 Å². The minimum Gasteiger partial charge on any atom is -0.339 e. The molecule has 0 spiro atoms. The third kappa shape index (κ3) is 5.11. The maximum Gasteiger partial charge on any atom is 0.389 e. The first-order chi connectivity index (χ1) is 7.37. The molecule has 0 aliphatic carbocycles. The minimum absolute atomic E-state index is 0.00512. The number of aryl methyl sites for hydroxylation is 2. The number of hydrogen-bond donors (Lipinski definition) is 1. The van der Waals surface area contributed by atoms with E-state index in [9.17, 15) is 13.2 Å². The lowest BCUT2D eigenvalue weighted by molar-refractivity contribution is -0.134. The Kier molecular flexibility index (Phi) is 4.28. The van der Waals surface area contributed by atoms with Gasteiger partial charge in [0.05, 0.1) is 6.42 Å². The monoisotopic (exact) mass is 237 g/mol. The van der Waals surface area contributed by atoms with Crippen molar-refractivity contribution in [3.05, 3.63) is 11.7 Å². The molecule has 0 saturated heterocycles. The fraction of sp³-hybridized carbons (Fsp3) is 0.778. The van der Waals surface area contributed by atoms with Gasteiger partial charge in [-0.1, -0.05) is 5.16 Å². The summed E-state index contributed by atoms with van der Waals surface area (Å²) in [5.41, 5.74) is 5.52. The third-order valence-electron chi connectivity index (χ3n) is 1.96. The number of rotatable bonds is 5. The number of hydrogen-bond acceptors (Lipinski definition) is 4. The standard InChI is InChI=1S/C9H14F3N3O/c1-6(13)2-3-8-14-7(15-16-8)4-5-9(10,11)12/h6H,2-5,13H2,1H3. The molecule has 1 atom stereocenters. The molecule has 0 fully saturated rings. The summed E-state index contributed by atoms with van der Waals surface area (Å²) in [4.78, 5) is 3.85. The summed E-state index contributed by atoms with van der Waals surface area (Å²) in [5, 5.41) is 3.47. The molecular formula is C9H14F3N3O. The molecule has 0 radical (unpaired) electrons. The maximum absolute atomic E-state index is 11.9. The van der Waals surface area contributed by atoms with Crippen molar-refractivity contribution in [3.63, 3.8) is 0 Å². The molecule has 1 aromatic rings. The van der Waals surface area contributed by atoms with Crippen LogP contribution in [0, 0.1) is 0 Å². The number of aromatic nitrogens is 2. The zero-order valence-corrected chi connectivity index (χ0v) is 8.92. The van der Waals surface area contributed by atoms with Crippen LogP contribution in [0.5, 0.6) is 0 Å². The number of alkyl halides is 3. The normalized spacial score (nSPS) is 14.1. The van der Waals surface area contributed by atoms with Gasteiger partial charge in [-0.2, -0.15) is 18.2 Å². The van der Waals surface area contributed by atoms with Gasteiger partial charge in [0, 0.05) is 18.9 Å². The fourth-order valence-electron chi connectivity index (χ4n) is 1.10. The smallest absolute Gasteiger partial charge is 0.339 e. The number of halogens is 3. The maximum atomic E-state index is 11.9. The average molecular weight is 237 g/mol. The molecule has 7 heteroatoms. The Morgan fingerprint density at radius 2 is 2.06 bits per heavy atom. The molecule has 16 heavy (non-hydrogen) atoms. The highest BCUT2D eigenvalue weighted by Gasteiger charge is 2.27. The number of nitrogens with zero attached hydrogens (tertiary/aromatic N) is 2. The molecule has 1 aromatic heterocycles. The SMILES string of the molecule is CC(N)CCc1nc(CCC(F)(F)F)no1. The Bertz CT molecular complexity index is 322. The molecule has 92 valence electrons. The topological polar surface area (TPSA) is 64.9 Å². The lowest BCUT2D eigenvalue weighted by atomic mass is 10.2. The van der Waals surface area contributed by atoms with E-state index in [1.807, 2.05) is 6.92 Å². The predicted octanol–water partition coefficient (Wildman–Crippen LogP) is 1.84. The van der Waals surface area contributed by atoms with Crippen molar-refractivity contribution >= 4 is 0 Å². The van der Waals surface area contributed by atoms with E-state index in [2.05, 4.69) is 10.1 Å². The van der Waals surface area contributed by atoms with Crippen molar-refractivity contribution < 1.29 is 17.7 Å². The minimum atomic E-state index is -4.19. The molecule has 2 N–H and O–H groups in total. The Balaban J connectivity index is 2.39. The van der Waals surface area contributed by atoms with Gasteiger partial charge in [-0.05, 0) is 13.3 Å². The molecule has 0 amide bonds. The quantitative estimate of drug-likeness (QED) is 0.848. The van der Waals surface area contributed by atoms with E-state index in [0.717, 1.165) is 0 Å². The van der Waals surface area contributed by atoms with Crippen molar-refractivity contribution in [2.24, 2.45) is 5.73 Å². The molecule has 0 saturated carbocycles. The van der Waals surface area contributed by atoms with Crippen molar-refractivity contribution in [3.8, 4) is 0 Å². The van der Waals surface area contributed by atoms with E-state index in [1.54, 1.807) is 0 Å². The second-order valence-electron chi connectivity index (χ2n) is 3.74. The van der Waals surface area contributed by atoms with Crippen molar-refractivity contribution in [2.75, 3.05) is 0 Å². The summed E-state index contributed by atoms with van der Waals surface area (Å²) in [7, 11) is 0. The van der Waals surface area contributed by atoms with Crippen molar-refractivity contribution in [1.29, 1.82) is 0 Å². The summed E-state index contributed by atoms with van der Waals surface area (Å²) in [6.07, 6.45) is -4.20. The fourth-order valence-corrected chi connectivity index (χ4v) is 1.10. The van der Waals surface area contributed by atoms with Gasteiger partial charge in [-0.3, -0.25) is 0 Å². The predicted molar refractivity (Wildman–Crippen MR) is 50.6 cm³/mol. The summed E-state index contributed by atoms with van der Waals surface area (Å²) >= 11 is 0. The summed E-state index contributed by atoms with van der Waals surface area (Å²) in [6, 6.07) is 0.00512. The Labute approximate surface area is 91.0 Å². The van der Waals surface area contributed by atoms with Gasteiger partial charge in [0.25, 0.3) is 0 Å². The molecule has 0 aliphatic heterocycles. The second kappa shape index (κ2) is 5.29. The largest absolute Gasteiger partial charge is 0.389 e. The first kappa shape index (κ1) is 13.0. The van der Waals surface area contributed by atoms with Gasteiger partial charge < -0.3 is 10.3 Å². The molecule has 1 heterocycles. The van der Waals surface area contributed by atoms with Crippen LogP contribution in [0.2, 0.25) is 0 Å². The van der Waals surface area contributed by atoms with Crippen LogP contribution >= 0.6 is 0 Å². The summed E-state index contributed by atoms with van der Waals surface area (Å²) in [5.74, 6) is 0.437. The molecule has 1 unspecified atom stereocenters. The average Bonchev–Trinajstić information content (AvgIpc) is 2.58. The van der Waals surface area contributed by atoms with Crippen molar-refractivity contribution in [1.82, 2.24) is 10.1 Å². The summed E-state index contributed by atoms with van der Waals surface area (Å²) in [6.45, 7) is 1.83. The lowest BCUT2D eigenvalue weighted by Gasteiger charge is -2.02. The molecule has 0 aliphatic rings. The molecule has 0 aromatic carbocycles. The highest BCUT2D eigenvalue weighted by molar-refractivity contribution is 4.87.